The molecule has 0 bridgehead atoms. The Hall–Kier alpha value is -1.06. The third kappa shape index (κ3) is 3.20. The van der Waals surface area contributed by atoms with Crippen LogP contribution in [0.1, 0.15) is 11.1 Å². The number of likely N-dealkylation sites (N-methyl/N-ethyl adjacent to an activating group) is 1. The van der Waals surface area contributed by atoms with Gasteiger partial charge in [-0.25, -0.2) is 0 Å². The van der Waals surface area contributed by atoms with Crippen molar-refractivity contribution in [2.45, 2.75) is 13.3 Å². The molecule has 1 aromatic rings. The van der Waals surface area contributed by atoms with Gasteiger partial charge in [0.15, 0.2) is 0 Å². The van der Waals surface area contributed by atoms with Crippen molar-refractivity contribution in [1.29, 1.82) is 0 Å². The molecular formula is C14H22N2O. The molecule has 3 nitrogen and oxygen atoms in total. The zero-order chi connectivity index (χ0) is 12.1. The number of morpholine rings is 1. The van der Waals surface area contributed by atoms with Gasteiger partial charge in [-0.1, -0.05) is 12.1 Å². The number of aryl methyl sites for hydroxylation is 1. The van der Waals surface area contributed by atoms with E-state index in [1.165, 1.54) is 16.8 Å². The first-order valence-electron chi connectivity index (χ1n) is 6.38. The molecule has 1 aliphatic rings. The monoisotopic (exact) mass is 234 g/mol. The van der Waals surface area contributed by atoms with Crippen molar-refractivity contribution in [2.24, 2.45) is 0 Å². The third-order valence-electron chi connectivity index (χ3n) is 3.28. The van der Waals surface area contributed by atoms with E-state index in [9.17, 15) is 0 Å². The Kier molecular flexibility index (Phi) is 4.40. The minimum absolute atomic E-state index is 0.848. The van der Waals surface area contributed by atoms with Gasteiger partial charge in [0.2, 0.25) is 0 Å². The highest BCUT2D eigenvalue weighted by Crippen LogP contribution is 2.22. The van der Waals surface area contributed by atoms with Crippen LogP contribution in [0, 0.1) is 6.92 Å². The summed E-state index contributed by atoms with van der Waals surface area (Å²) >= 11 is 0. The molecule has 17 heavy (non-hydrogen) atoms. The quantitative estimate of drug-likeness (QED) is 0.856. The molecule has 0 spiro atoms. The van der Waals surface area contributed by atoms with E-state index >= 15 is 0 Å². The van der Waals surface area contributed by atoms with Crippen LogP contribution in [0.15, 0.2) is 18.2 Å². The number of hydrogen-bond acceptors (Lipinski definition) is 3. The molecule has 0 unspecified atom stereocenters. The van der Waals surface area contributed by atoms with Gasteiger partial charge in [0, 0.05) is 18.8 Å². The zero-order valence-corrected chi connectivity index (χ0v) is 10.8. The molecule has 1 aliphatic heterocycles. The number of ether oxygens (including phenoxy) is 1. The summed E-state index contributed by atoms with van der Waals surface area (Å²) in [5.74, 6) is 0. The van der Waals surface area contributed by atoms with E-state index in [0.717, 1.165) is 39.3 Å². The maximum absolute atomic E-state index is 5.39. The van der Waals surface area contributed by atoms with Gasteiger partial charge in [-0.2, -0.15) is 0 Å². The average Bonchev–Trinajstić information content (AvgIpc) is 2.37. The summed E-state index contributed by atoms with van der Waals surface area (Å²) in [6, 6.07) is 6.81. The number of hydrogen-bond donors (Lipinski definition) is 1. The van der Waals surface area contributed by atoms with Crippen molar-refractivity contribution in [3.05, 3.63) is 29.3 Å². The summed E-state index contributed by atoms with van der Waals surface area (Å²) in [5.41, 5.74) is 4.15. The van der Waals surface area contributed by atoms with Crippen molar-refractivity contribution in [2.75, 3.05) is 44.8 Å². The Labute approximate surface area is 104 Å². The number of nitrogens with zero attached hydrogens (tertiary/aromatic N) is 1. The molecule has 3 heteroatoms. The predicted octanol–water partition coefficient (Wildman–Crippen LogP) is 1.59. The largest absolute Gasteiger partial charge is 0.378 e. The van der Waals surface area contributed by atoms with Crippen LogP contribution in [0.4, 0.5) is 5.69 Å². The van der Waals surface area contributed by atoms with Gasteiger partial charge in [-0.05, 0) is 44.1 Å². The van der Waals surface area contributed by atoms with Crippen molar-refractivity contribution in [1.82, 2.24) is 5.32 Å². The molecule has 0 aromatic heterocycles. The second kappa shape index (κ2) is 6.03. The first-order chi connectivity index (χ1) is 8.31. The van der Waals surface area contributed by atoms with E-state index in [4.69, 9.17) is 4.74 Å². The predicted molar refractivity (Wildman–Crippen MR) is 71.8 cm³/mol. The Bertz CT molecular complexity index is 359. The van der Waals surface area contributed by atoms with Gasteiger partial charge in [-0.15, -0.1) is 0 Å². The van der Waals surface area contributed by atoms with Gasteiger partial charge in [0.05, 0.1) is 13.2 Å². The van der Waals surface area contributed by atoms with E-state index in [1.807, 2.05) is 7.05 Å². The lowest BCUT2D eigenvalue weighted by atomic mass is 10.1. The van der Waals surface area contributed by atoms with Crippen LogP contribution in [-0.2, 0) is 11.2 Å². The average molecular weight is 234 g/mol. The summed E-state index contributed by atoms with van der Waals surface area (Å²) in [6.07, 6.45) is 1.10. The Morgan fingerprint density at radius 1 is 1.29 bits per heavy atom. The van der Waals surface area contributed by atoms with E-state index in [2.05, 4.69) is 35.3 Å². The maximum Gasteiger partial charge on any atom is 0.0642 e. The third-order valence-corrected chi connectivity index (χ3v) is 3.28. The van der Waals surface area contributed by atoms with Crippen molar-refractivity contribution in [3.8, 4) is 0 Å². The number of anilines is 1. The Balaban J connectivity index is 2.07. The second-order valence-electron chi connectivity index (χ2n) is 4.57. The van der Waals surface area contributed by atoms with Crippen LogP contribution in [0.5, 0.6) is 0 Å². The summed E-state index contributed by atoms with van der Waals surface area (Å²) in [5, 5.41) is 3.19. The first kappa shape index (κ1) is 12.4. The fraction of sp³-hybridized carbons (Fsp3) is 0.571. The van der Waals surface area contributed by atoms with Crippen LogP contribution >= 0.6 is 0 Å². The highest BCUT2D eigenvalue weighted by atomic mass is 16.5. The molecule has 0 aliphatic carbocycles. The molecule has 0 radical (unpaired) electrons. The van der Waals surface area contributed by atoms with Gasteiger partial charge >= 0.3 is 0 Å². The minimum atomic E-state index is 0.848. The zero-order valence-electron chi connectivity index (χ0n) is 10.8. The Morgan fingerprint density at radius 3 is 2.71 bits per heavy atom. The lowest BCUT2D eigenvalue weighted by Crippen LogP contribution is -2.36. The smallest absolute Gasteiger partial charge is 0.0642 e. The van der Waals surface area contributed by atoms with Crippen LogP contribution in [0.2, 0.25) is 0 Å². The standard InChI is InChI=1S/C14H22N2O/c1-12-11-13(5-6-15-2)3-4-14(12)16-7-9-17-10-8-16/h3-4,11,15H,5-10H2,1-2H3. The maximum atomic E-state index is 5.39. The molecule has 1 saturated heterocycles. The van der Waals surface area contributed by atoms with E-state index in [1.54, 1.807) is 0 Å². The fourth-order valence-corrected chi connectivity index (χ4v) is 2.30. The number of benzene rings is 1. The minimum Gasteiger partial charge on any atom is -0.378 e. The van der Waals surface area contributed by atoms with Gasteiger partial charge in [0.25, 0.3) is 0 Å². The van der Waals surface area contributed by atoms with Gasteiger partial charge < -0.3 is 15.0 Å². The van der Waals surface area contributed by atoms with Crippen molar-refractivity contribution in [3.63, 3.8) is 0 Å². The highest BCUT2D eigenvalue weighted by molar-refractivity contribution is 5.54. The molecule has 0 amide bonds. The molecule has 1 heterocycles. The van der Waals surface area contributed by atoms with E-state index in [-0.39, 0.29) is 0 Å². The molecule has 0 saturated carbocycles. The molecule has 1 aromatic carbocycles. The van der Waals surface area contributed by atoms with E-state index in [0.29, 0.717) is 0 Å². The molecule has 1 fully saturated rings. The molecular weight excluding hydrogens is 212 g/mol. The summed E-state index contributed by atoms with van der Waals surface area (Å²) in [6.45, 7) is 6.96. The lowest BCUT2D eigenvalue weighted by molar-refractivity contribution is 0.122. The number of nitrogens with one attached hydrogen (secondary N) is 1. The van der Waals surface area contributed by atoms with Crippen LogP contribution in [0.3, 0.4) is 0 Å². The summed E-state index contributed by atoms with van der Waals surface area (Å²) in [4.78, 5) is 2.42. The SMILES string of the molecule is CNCCc1ccc(N2CCOCC2)c(C)c1. The van der Waals surface area contributed by atoms with Crippen molar-refractivity contribution < 1.29 is 4.74 Å². The normalized spacial score (nSPS) is 16.2. The molecule has 1 N–H and O–H groups in total. The Morgan fingerprint density at radius 2 is 2.06 bits per heavy atom. The molecule has 94 valence electrons. The summed E-state index contributed by atoms with van der Waals surface area (Å²) < 4.78 is 5.39. The topological polar surface area (TPSA) is 24.5 Å². The van der Waals surface area contributed by atoms with Crippen LogP contribution in [0.25, 0.3) is 0 Å². The van der Waals surface area contributed by atoms with E-state index < -0.39 is 0 Å². The number of rotatable bonds is 4. The second-order valence-corrected chi connectivity index (χ2v) is 4.57. The summed E-state index contributed by atoms with van der Waals surface area (Å²) in [7, 11) is 1.99. The lowest BCUT2D eigenvalue weighted by Gasteiger charge is -2.30. The first-order valence-corrected chi connectivity index (χ1v) is 6.38. The molecule has 0 atom stereocenters. The van der Waals surface area contributed by atoms with Gasteiger partial charge in [-0.3, -0.25) is 0 Å². The van der Waals surface area contributed by atoms with Crippen molar-refractivity contribution >= 4 is 5.69 Å². The molecule has 2 rings (SSSR count). The van der Waals surface area contributed by atoms with Crippen LogP contribution < -0.4 is 10.2 Å². The van der Waals surface area contributed by atoms with Gasteiger partial charge in [0.1, 0.15) is 0 Å². The highest BCUT2D eigenvalue weighted by Gasteiger charge is 2.13. The fourth-order valence-electron chi connectivity index (χ4n) is 2.30. The van der Waals surface area contributed by atoms with Crippen LogP contribution in [-0.4, -0.2) is 39.9 Å².